The van der Waals surface area contributed by atoms with E-state index in [4.69, 9.17) is 22.1 Å². The highest BCUT2D eigenvalue weighted by Gasteiger charge is 2.18. The van der Waals surface area contributed by atoms with Gasteiger partial charge in [-0.2, -0.15) is 0 Å². The lowest BCUT2D eigenvalue weighted by atomic mass is 10.0. The molecule has 4 nitrogen and oxygen atoms in total. The minimum absolute atomic E-state index is 0.201. The first-order valence-electron chi connectivity index (χ1n) is 5.63. The van der Waals surface area contributed by atoms with E-state index in [-0.39, 0.29) is 11.6 Å². The highest BCUT2D eigenvalue weighted by Crippen LogP contribution is 2.26. The fourth-order valence-electron chi connectivity index (χ4n) is 1.76. The molecule has 2 N–H and O–H groups in total. The monoisotopic (exact) mass is 276 g/mol. The molecule has 98 valence electrons. The number of ketones is 1. The number of pyridine rings is 1. The summed E-state index contributed by atoms with van der Waals surface area (Å²) in [5, 5.41) is 0.503. The van der Waals surface area contributed by atoms with Crippen molar-refractivity contribution in [2.24, 2.45) is 0 Å². The number of nitrogens with zero attached hydrogens (tertiary/aromatic N) is 1. The summed E-state index contributed by atoms with van der Waals surface area (Å²) in [5.74, 6) is 0.383. The molecular formula is C14H13ClN2O2. The molecule has 0 aliphatic heterocycles. The third-order valence-corrected chi connectivity index (χ3v) is 2.94. The topological polar surface area (TPSA) is 65.2 Å². The Morgan fingerprint density at radius 2 is 2.05 bits per heavy atom. The van der Waals surface area contributed by atoms with Crippen molar-refractivity contribution in [3.05, 3.63) is 52.2 Å². The Balaban J connectivity index is 2.53. The number of nitrogen functional groups attached to an aromatic ring is 1. The molecule has 0 unspecified atom stereocenters. The van der Waals surface area contributed by atoms with Crippen molar-refractivity contribution in [1.82, 2.24) is 4.98 Å². The number of nitrogens with two attached hydrogens (primary N) is 1. The van der Waals surface area contributed by atoms with Crippen LogP contribution in [0.25, 0.3) is 0 Å². The largest absolute Gasteiger partial charge is 0.496 e. The smallest absolute Gasteiger partial charge is 0.200 e. The number of anilines is 1. The van der Waals surface area contributed by atoms with E-state index in [1.807, 2.05) is 6.92 Å². The average Bonchev–Trinajstić information content (AvgIpc) is 2.40. The van der Waals surface area contributed by atoms with Crippen LogP contribution in [0.5, 0.6) is 5.75 Å². The van der Waals surface area contributed by atoms with Crippen LogP contribution in [0.2, 0.25) is 5.02 Å². The number of methoxy groups -OCH3 is 1. The Morgan fingerprint density at radius 3 is 2.74 bits per heavy atom. The third kappa shape index (κ3) is 2.69. The van der Waals surface area contributed by atoms with Crippen LogP contribution in [0.1, 0.15) is 21.5 Å². The van der Waals surface area contributed by atoms with E-state index in [1.54, 1.807) is 30.5 Å². The molecule has 0 aliphatic rings. The molecule has 0 saturated heterocycles. The van der Waals surface area contributed by atoms with E-state index in [0.717, 1.165) is 5.56 Å². The zero-order valence-electron chi connectivity index (χ0n) is 10.6. The first-order chi connectivity index (χ1) is 9.02. The second-order valence-corrected chi connectivity index (χ2v) is 4.56. The van der Waals surface area contributed by atoms with Crippen LogP contribution in [-0.2, 0) is 0 Å². The van der Waals surface area contributed by atoms with Gasteiger partial charge < -0.3 is 10.5 Å². The van der Waals surface area contributed by atoms with Crippen LogP contribution in [0.3, 0.4) is 0 Å². The van der Waals surface area contributed by atoms with Gasteiger partial charge in [0.25, 0.3) is 0 Å². The van der Waals surface area contributed by atoms with E-state index in [1.165, 1.54) is 7.11 Å². The normalized spacial score (nSPS) is 10.3. The molecule has 1 aromatic heterocycles. The minimum Gasteiger partial charge on any atom is -0.496 e. The first-order valence-corrected chi connectivity index (χ1v) is 6.01. The van der Waals surface area contributed by atoms with E-state index >= 15 is 0 Å². The van der Waals surface area contributed by atoms with Crippen LogP contribution in [0.4, 0.5) is 5.82 Å². The summed E-state index contributed by atoms with van der Waals surface area (Å²) in [6.07, 6.45) is 1.62. The standard InChI is InChI=1S/C14H13ClN2O2/c1-8-5-11(14(16)17-7-8)13(18)10-4-3-9(15)6-12(10)19-2/h3-7H,1-2H3,(H2,16,17). The quantitative estimate of drug-likeness (QED) is 0.876. The molecule has 1 aromatic carbocycles. The van der Waals surface area contributed by atoms with E-state index in [2.05, 4.69) is 4.98 Å². The summed E-state index contributed by atoms with van der Waals surface area (Å²) in [5.41, 5.74) is 7.39. The Labute approximate surface area is 116 Å². The van der Waals surface area contributed by atoms with Crippen molar-refractivity contribution in [3.8, 4) is 5.75 Å². The molecule has 0 amide bonds. The van der Waals surface area contributed by atoms with Gasteiger partial charge in [-0.3, -0.25) is 4.79 Å². The summed E-state index contributed by atoms with van der Waals surface area (Å²) in [7, 11) is 1.49. The van der Waals surface area contributed by atoms with Gasteiger partial charge in [0.05, 0.1) is 18.2 Å². The van der Waals surface area contributed by atoms with Crippen LogP contribution < -0.4 is 10.5 Å². The van der Waals surface area contributed by atoms with Gasteiger partial charge in [0.15, 0.2) is 5.78 Å². The lowest BCUT2D eigenvalue weighted by Crippen LogP contribution is -2.09. The summed E-state index contributed by atoms with van der Waals surface area (Å²) in [6, 6.07) is 6.55. The van der Waals surface area contributed by atoms with Crippen molar-refractivity contribution in [1.29, 1.82) is 0 Å². The molecule has 0 bridgehead atoms. The molecule has 5 heteroatoms. The molecule has 2 rings (SSSR count). The zero-order valence-corrected chi connectivity index (χ0v) is 11.4. The van der Waals surface area contributed by atoms with Crippen molar-refractivity contribution in [3.63, 3.8) is 0 Å². The maximum absolute atomic E-state index is 12.5. The van der Waals surface area contributed by atoms with E-state index < -0.39 is 0 Å². The lowest BCUT2D eigenvalue weighted by Gasteiger charge is -2.09. The highest BCUT2D eigenvalue weighted by atomic mass is 35.5. The number of carbonyl (C=O) groups is 1. The molecule has 2 aromatic rings. The van der Waals surface area contributed by atoms with Gasteiger partial charge in [-0.05, 0) is 36.8 Å². The van der Waals surface area contributed by atoms with Crippen molar-refractivity contribution in [2.75, 3.05) is 12.8 Å². The third-order valence-electron chi connectivity index (χ3n) is 2.71. The average molecular weight is 277 g/mol. The number of hydrogen-bond donors (Lipinski definition) is 1. The number of carbonyl (C=O) groups excluding carboxylic acids is 1. The maximum atomic E-state index is 12.5. The molecular weight excluding hydrogens is 264 g/mol. The van der Waals surface area contributed by atoms with Crippen LogP contribution in [0.15, 0.2) is 30.5 Å². The lowest BCUT2D eigenvalue weighted by molar-refractivity contribution is 0.103. The van der Waals surface area contributed by atoms with Crippen LogP contribution in [0, 0.1) is 6.92 Å². The number of ether oxygens (including phenoxy) is 1. The molecule has 0 atom stereocenters. The maximum Gasteiger partial charge on any atom is 0.200 e. The second-order valence-electron chi connectivity index (χ2n) is 4.12. The van der Waals surface area contributed by atoms with E-state index in [9.17, 15) is 4.79 Å². The Bertz CT molecular complexity index is 641. The fourth-order valence-corrected chi connectivity index (χ4v) is 1.92. The molecule has 0 fully saturated rings. The summed E-state index contributed by atoms with van der Waals surface area (Å²) < 4.78 is 5.17. The van der Waals surface area contributed by atoms with Gasteiger partial charge in [0.2, 0.25) is 0 Å². The predicted octanol–water partition coefficient (Wildman–Crippen LogP) is 2.87. The molecule has 0 radical (unpaired) electrons. The number of aryl methyl sites for hydroxylation is 1. The molecule has 0 spiro atoms. The number of aromatic nitrogens is 1. The number of rotatable bonds is 3. The van der Waals surface area contributed by atoms with E-state index in [0.29, 0.717) is 21.9 Å². The molecule has 0 aliphatic carbocycles. The highest BCUT2D eigenvalue weighted by molar-refractivity contribution is 6.31. The predicted molar refractivity (Wildman–Crippen MR) is 74.8 cm³/mol. The van der Waals surface area contributed by atoms with Gasteiger partial charge in [-0.15, -0.1) is 0 Å². The molecule has 1 heterocycles. The number of benzene rings is 1. The SMILES string of the molecule is COc1cc(Cl)ccc1C(=O)c1cc(C)cnc1N. The number of hydrogen-bond acceptors (Lipinski definition) is 4. The zero-order chi connectivity index (χ0) is 14.0. The Hall–Kier alpha value is -2.07. The van der Waals surface area contributed by atoms with Crippen LogP contribution >= 0.6 is 11.6 Å². The van der Waals surface area contributed by atoms with Crippen molar-refractivity contribution < 1.29 is 9.53 Å². The number of halogens is 1. The molecule has 0 saturated carbocycles. The van der Waals surface area contributed by atoms with Crippen molar-refractivity contribution in [2.45, 2.75) is 6.92 Å². The Morgan fingerprint density at radius 1 is 1.32 bits per heavy atom. The summed E-state index contributed by atoms with van der Waals surface area (Å²) in [6.45, 7) is 1.85. The summed E-state index contributed by atoms with van der Waals surface area (Å²) in [4.78, 5) is 16.5. The second kappa shape index (κ2) is 5.28. The Kier molecular flexibility index (Phi) is 3.71. The fraction of sp³-hybridized carbons (Fsp3) is 0.143. The van der Waals surface area contributed by atoms with Gasteiger partial charge >= 0.3 is 0 Å². The van der Waals surface area contributed by atoms with Gasteiger partial charge in [-0.1, -0.05) is 11.6 Å². The van der Waals surface area contributed by atoms with Gasteiger partial charge in [-0.25, -0.2) is 4.98 Å². The van der Waals surface area contributed by atoms with Gasteiger partial charge in [0.1, 0.15) is 11.6 Å². The first kappa shape index (κ1) is 13.4. The molecule has 19 heavy (non-hydrogen) atoms. The van der Waals surface area contributed by atoms with Gasteiger partial charge in [0, 0.05) is 11.2 Å². The summed E-state index contributed by atoms with van der Waals surface area (Å²) >= 11 is 5.87. The minimum atomic E-state index is -0.234. The van der Waals surface area contributed by atoms with Crippen LogP contribution in [-0.4, -0.2) is 17.9 Å². The van der Waals surface area contributed by atoms with Crippen molar-refractivity contribution >= 4 is 23.2 Å².